The van der Waals surface area contributed by atoms with Crippen molar-refractivity contribution >= 4 is 17.4 Å². The number of fused-ring (bicyclic) bond motifs is 1. The lowest BCUT2D eigenvalue weighted by Gasteiger charge is -2.03. The maximum absolute atomic E-state index is 4.62. The van der Waals surface area contributed by atoms with Gasteiger partial charge in [-0.05, 0) is 36.9 Å². The number of rotatable bonds is 5. The molecule has 0 saturated carbocycles. The van der Waals surface area contributed by atoms with Crippen molar-refractivity contribution in [1.82, 2.24) is 14.7 Å². The predicted octanol–water partition coefficient (Wildman–Crippen LogP) is 3.35. The van der Waals surface area contributed by atoms with Gasteiger partial charge >= 0.3 is 0 Å². The molecule has 0 radical (unpaired) electrons. The lowest BCUT2D eigenvalue weighted by molar-refractivity contribution is 0.815. The second-order valence-corrected chi connectivity index (χ2v) is 5.71. The molecule has 0 bridgehead atoms. The highest BCUT2D eigenvalue weighted by Crippen LogP contribution is 2.23. The summed E-state index contributed by atoms with van der Waals surface area (Å²) in [6.07, 6.45) is 4.13. The molecule has 102 valence electrons. The van der Waals surface area contributed by atoms with E-state index in [0.717, 1.165) is 23.6 Å². The Morgan fingerprint density at radius 3 is 3.00 bits per heavy atom. The quantitative estimate of drug-likeness (QED) is 0.728. The van der Waals surface area contributed by atoms with Crippen LogP contribution in [0.25, 0.3) is 5.65 Å². The van der Waals surface area contributed by atoms with Crippen LogP contribution < -0.4 is 5.32 Å². The van der Waals surface area contributed by atoms with Gasteiger partial charge in [0, 0.05) is 29.6 Å². The fourth-order valence-electron chi connectivity index (χ4n) is 2.16. The van der Waals surface area contributed by atoms with E-state index in [1.165, 1.54) is 10.5 Å². The van der Waals surface area contributed by atoms with Crippen LogP contribution in [0, 0.1) is 0 Å². The van der Waals surface area contributed by atoms with Crippen LogP contribution in [0.2, 0.25) is 0 Å². The van der Waals surface area contributed by atoms with Crippen LogP contribution >= 0.6 is 11.8 Å². The highest BCUT2D eigenvalue weighted by atomic mass is 32.2. The van der Waals surface area contributed by atoms with Gasteiger partial charge in [0.2, 0.25) is 0 Å². The van der Waals surface area contributed by atoms with Gasteiger partial charge < -0.3 is 9.72 Å². The first-order chi connectivity index (χ1) is 9.85. The molecule has 0 unspecified atom stereocenters. The number of pyridine rings is 1. The standard InChI is InChI=1S/C16H17N3S/c1-17-10-13-5-4-6-15(9-13)20-12-14-11-19-8-3-2-7-16(19)18-14/h2-9,11,17H,10,12H2,1H3. The minimum atomic E-state index is 0.894. The van der Waals surface area contributed by atoms with Gasteiger partial charge in [-0.3, -0.25) is 0 Å². The SMILES string of the molecule is CNCc1cccc(SCc2cn3ccccc3n2)c1. The van der Waals surface area contributed by atoms with Crippen LogP contribution in [0.1, 0.15) is 11.3 Å². The molecule has 0 aliphatic heterocycles. The zero-order valence-electron chi connectivity index (χ0n) is 11.4. The Morgan fingerprint density at radius 1 is 1.20 bits per heavy atom. The Hall–Kier alpha value is -1.78. The summed E-state index contributed by atoms with van der Waals surface area (Å²) in [6, 6.07) is 14.7. The van der Waals surface area contributed by atoms with Crippen LogP contribution in [-0.4, -0.2) is 16.4 Å². The van der Waals surface area contributed by atoms with Crippen molar-refractivity contribution in [3.8, 4) is 0 Å². The van der Waals surface area contributed by atoms with Crippen molar-refractivity contribution in [3.63, 3.8) is 0 Å². The van der Waals surface area contributed by atoms with Crippen molar-refractivity contribution in [1.29, 1.82) is 0 Å². The lowest BCUT2D eigenvalue weighted by atomic mass is 10.2. The first kappa shape index (κ1) is 13.2. The maximum atomic E-state index is 4.62. The van der Waals surface area contributed by atoms with Crippen molar-refractivity contribution in [3.05, 3.63) is 66.1 Å². The zero-order chi connectivity index (χ0) is 13.8. The molecule has 3 nitrogen and oxygen atoms in total. The van der Waals surface area contributed by atoms with Gasteiger partial charge in [0.05, 0.1) is 5.69 Å². The summed E-state index contributed by atoms with van der Waals surface area (Å²) in [4.78, 5) is 5.90. The van der Waals surface area contributed by atoms with E-state index in [2.05, 4.69) is 45.2 Å². The first-order valence-corrected chi connectivity index (χ1v) is 7.62. The molecule has 2 aromatic heterocycles. The van der Waals surface area contributed by atoms with Crippen LogP contribution in [0.3, 0.4) is 0 Å². The molecule has 0 aliphatic carbocycles. The third-order valence-electron chi connectivity index (χ3n) is 3.08. The van der Waals surface area contributed by atoms with Crippen LogP contribution in [-0.2, 0) is 12.3 Å². The number of hydrogen-bond acceptors (Lipinski definition) is 3. The summed E-state index contributed by atoms with van der Waals surface area (Å²) in [5.41, 5.74) is 3.43. The van der Waals surface area contributed by atoms with Crippen LogP contribution in [0.15, 0.2) is 59.8 Å². The van der Waals surface area contributed by atoms with Crippen molar-refractivity contribution < 1.29 is 0 Å². The summed E-state index contributed by atoms with van der Waals surface area (Å²) >= 11 is 1.83. The van der Waals surface area contributed by atoms with E-state index in [9.17, 15) is 0 Å². The molecule has 20 heavy (non-hydrogen) atoms. The Bertz CT molecular complexity index is 673. The molecule has 4 heteroatoms. The second kappa shape index (κ2) is 6.11. The van der Waals surface area contributed by atoms with E-state index in [4.69, 9.17) is 0 Å². The molecule has 0 aliphatic rings. The molecular formula is C16H17N3S. The van der Waals surface area contributed by atoms with Gasteiger partial charge in [-0.2, -0.15) is 0 Å². The minimum absolute atomic E-state index is 0.894. The number of hydrogen-bond donors (Lipinski definition) is 1. The number of nitrogens with zero attached hydrogens (tertiary/aromatic N) is 2. The normalized spacial score (nSPS) is 11.1. The fourth-order valence-corrected chi connectivity index (χ4v) is 3.03. The summed E-state index contributed by atoms with van der Waals surface area (Å²) in [5.74, 6) is 0.894. The van der Waals surface area contributed by atoms with Gasteiger partial charge in [0.15, 0.2) is 0 Å². The Labute approximate surface area is 123 Å². The number of thioether (sulfide) groups is 1. The number of imidazole rings is 1. The summed E-state index contributed by atoms with van der Waals surface area (Å²) in [7, 11) is 1.97. The van der Waals surface area contributed by atoms with Gasteiger partial charge in [-0.15, -0.1) is 11.8 Å². The van der Waals surface area contributed by atoms with E-state index in [0.29, 0.717) is 0 Å². The van der Waals surface area contributed by atoms with Gasteiger partial charge in [0.25, 0.3) is 0 Å². The first-order valence-electron chi connectivity index (χ1n) is 6.64. The van der Waals surface area contributed by atoms with Gasteiger partial charge in [-0.25, -0.2) is 4.98 Å². The van der Waals surface area contributed by atoms with E-state index in [1.807, 2.05) is 43.2 Å². The van der Waals surface area contributed by atoms with E-state index >= 15 is 0 Å². The smallest absolute Gasteiger partial charge is 0.137 e. The molecule has 1 N–H and O–H groups in total. The molecule has 0 atom stereocenters. The van der Waals surface area contributed by atoms with Crippen molar-refractivity contribution in [2.24, 2.45) is 0 Å². The zero-order valence-corrected chi connectivity index (χ0v) is 12.2. The maximum Gasteiger partial charge on any atom is 0.137 e. The van der Waals surface area contributed by atoms with Crippen LogP contribution in [0.4, 0.5) is 0 Å². The van der Waals surface area contributed by atoms with E-state index in [1.54, 1.807) is 0 Å². The van der Waals surface area contributed by atoms with Crippen LogP contribution in [0.5, 0.6) is 0 Å². The number of aromatic nitrogens is 2. The lowest BCUT2D eigenvalue weighted by Crippen LogP contribution is -2.04. The molecule has 0 amide bonds. The highest BCUT2D eigenvalue weighted by Gasteiger charge is 2.02. The molecule has 0 fully saturated rings. The molecule has 3 rings (SSSR count). The molecule has 1 aromatic carbocycles. The average Bonchev–Trinajstić information content (AvgIpc) is 2.89. The third-order valence-corrected chi connectivity index (χ3v) is 4.11. The molecule has 0 spiro atoms. The molecule has 0 saturated heterocycles. The molecular weight excluding hydrogens is 266 g/mol. The third kappa shape index (κ3) is 3.03. The second-order valence-electron chi connectivity index (χ2n) is 4.66. The summed E-state index contributed by atoms with van der Waals surface area (Å²) < 4.78 is 2.06. The Balaban J connectivity index is 1.71. The van der Waals surface area contributed by atoms with E-state index < -0.39 is 0 Å². The average molecular weight is 283 g/mol. The van der Waals surface area contributed by atoms with E-state index in [-0.39, 0.29) is 0 Å². The van der Waals surface area contributed by atoms with Gasteiger partial charge in [-0.1, -0.05) is 18.2 Å². The number of nitrogens with one attached hydrogen (secondary N) is 1. The van der Waals surface area contributed by atoms with Crippen molar-refractivity contribution in [2.75, 3.05) is 7.05 Å². The van der Waals surface area contributed by atoms with Crippen molar-refractivity contribution in [2.45, 2.75) is 17.2 Å². The topological polar surface area (TPSA) is 29.3 Å². The summed E-state index contributed by atoms with van der Waals surface area (Å²) in [6.45, 7) is 0.906. The summed E-state index contributed by atoms with van der Waals surface area (Å²) in [5, 5.41) is 3.18. The Morgan fingerprint density at radius 2 is 2.15 bits per heavy atom. The minimum Gasteiger partial charge on any atom is -0.316 e. The predicted molar refractivity (Wildman–Crippen MR) is 84.0 cm³/mol. The highest BCUT2D eigenvalue weighted by molar-refractivity contribution is 7.98. The number of benzene rings is 1. The largest absolute Gasteiger partial charge is 0.316 e. The molecule has 2 heterocycles. The molecule has 3 aromatic rings. The fraction of sp³-hybridized carbons (Fsp3) is 0.188. The monoisotopic (exact) mass is 283 g/mol. The van der Waals surface area contributed by atoms with Gasteiger partial charge in [0.1, 0.15) is 5.65 Å². The Kier molecular flexibility index (Phi) is 4.04.